The molecule has 0 saturated carbocycles. The molecule has 1 fully saturated rings. The summed E-state index contributed by atoms with van der Waals surface area (Å²) < 4.78 is 17.9. The van der Waals surface area contributed by atoms with Crippen LogP contribution in [0.5, 0.6) is 11.5 Å². The number of amides is 1. The van der Waals surface area contributed by atoms with Crippen LogP contribution in [0, 0.1) is 0 Å². The zero-order valence-electron chi connectivity index (χ0n) is 23.6. The van der Waals surface area contributed by atoms with E-state index < -0.39 is 0 Å². The predicted octanol–water partition coefficient (Wildman–Crippen LogP) is 5.39. The third-order valence-corrected chi connectivity index (χ3v) is 7.83. The van der Waals surface area contributed by atoms with Crippen molar-refractivity contribution >= 4 is 11.6 Å². The first kappa shape index (κ1) is 27.0. The van der Waals surface area contributed by atoms with Crippen LogP contribution >= 0.6 is 0 Å². The molecule has 0 N–H and O–H groups in total. The number of para-hydroxylation sites is 1. The average molecular weight is 552 g/mol. The normalized spacial score (nSPS) is 22.2. The number of anilines is 1. The van der Waals surface area contributed by atoms with Crippen molar-refractivity contribution in [3.8, 4) is 11.5 Å². The maximum Gasteiger partial charge on any atom is 0.295 e. The molecule has 1 atom stereocenters. The van der Waals surface area contributed by atoms with Gasteiger partial charge in [0.15, 0.2) is 11.5 Å². The number of nitrogens with zero attached hydrogens (tertiary/aromatic N) is 3. The van der Waals surface area contributed by atoms with E-state index in [1.165, 1.54) is 5.56 Å². The van der Waals surface area contributed by atoms with Gasteiger partial charge in [-0.3, -0.25) is 9.69 Å². The smallest absolute Gasteiger partial charge is 0.295 e. The molecule has 3 aromatic carbocycles. The molecular formula is C34H37N3O4. The van der Waals surface area contributed by atoms with Gasteiger partial charge in [0.05, 0.1) is 5.70 Å². The molecule has 3 heterocycles. The van der Waals surface area contributed by atoms with Crippen molar-refractivity contribution in [2.45, 2.75) is 32.5 Å². The van der Waals surface area contributed by atoms with Gasteiger partial charge in [-0.25, -0.2) is 0 Å². The van der Waals surface area contributed by atoms with Crippen LogP contribution in [0.25, 0.3) is 0 Å². The molecule has 1 saturated heterocycles. The first-order valence-electron chi connectivity index (χ1n) is 14.5. The Bertz CT molecular complexity index is 1400. The highest BCUT2D eigenvalue weighted by molar-refractivity contribution is 6.05. The molecule has 1 amide bonds. The van der Waals surface area contributed by atoms with Gasteiger partial charge in [0.25, 0.3) is 5.91 Å². The van der Waals surface area contributed by atoms with Crippen LogP contribution < -0.4 is 14.4 Å². The molecule has 0 radical (unpaired) electrons. The zero-order valence-corrected chi connectivity index (χ0v) is 23.6. The maximum absolute atomic E-state index is 14.3. The van der Waals surface area contributed by atoms with Crippen LogP contribution in [0.1, 0.15) is 24.5 Å². The van der Waals surface area contributed by atoms with E-state index in [-0.39, 0.29) is 11.9 Å². The highest BCUT2D eigenvalue weighted by Crippen LogP contribution is 2.32. The first-order chi connectivity index (χ1) is 20.2. The lowest BCUT2D eigenvalue weighted by atomic mass is 10.1. The molecule has 0 bridgehead atoms. The van der Waals surface area contributed by atoms with Gasteiger partial charge in [0.1, 0.15) is 19.8 Å². The summed E-state index contributed by atoms with van der Waals surface area (Å²) in [6, 6.07) is 26.1. The summed E-state index contributed by atoms with van der Waals surface area (Å²) in [7, 11) is 0. The van der Waals surface area contributed by atoms with Gasteiger partial charge in [-0.1, -0.05) is 60.7 Å². The highest BCUT2D eigenvalue weighted by atomic mass is 16.6. The van der Waals surface area contributed by atoms with E-state index in [1.54, 1.807) is 0 Å². The number of rotatable bonds is 7. The molecular weight excluding hydrogens is 514 g/mol. The Morgan fingerprint density at radius 3 is 2.29 bits per heavy atom. The molecule has 7 nitrogen and oxygen atoms in total. The quantitative estimate of drug-likeness (QED) is 0.393. The molecule has 3 aliphatic rings. The lowest BCUT2D eigenvalue weighted by molar-refractivity contribution is -0.119. The number of benzene rings is 3. The van der Waals surface area contributed by atoms with E-state index in [1.807, 2.05) is 71.6 Å². The number of piperazine rings is 1. The molecule has 3 aromatic rings. The fourth-order valence-electron chi connectivity index (χ4n) is 5.64. The van der Waals surface area contributed by atoms with Crippen molar-refractivity contribution in [1.82, 2.24) is 9.80 Å². The van der Waals surface area contributed by atoms with Gasteiger partial charge >= 0.3 is 0 Å². The van der Waals surface area contributed by atoms with Crippen molar-refractivity contribution in [2.75, 3.05) is 44.3 Å². The summed E-state index contributed by atoms with van der Waals surface area (Å²) in [5.74, 6) is 1.95. The summed E-state index contributed by atoms with van der Waals surface area (Å²) in [6.45, 7) is 7.81. The molecule has 0 aromatic heterocycles. The minimum absolute atomic E-state index is 0.000806. The summed E-state index contributed by atoms with van der Waals surface area (Å²) >= 11 is 0. The molecule has 6 rings (SSSR count). The van der Waals surface area contributed by atoms with Crippen molar-refractivity contribution < 1.29 is 19.0 Å². The third kappa shape index (κ3) is 6.25. The number of fused-ring (bicyclic) bond motifs is 1. The van der Waals surface area contributed by atoms with Crippen LogP contribution in [-0.2, 0) is 22.7 Å². The van der Waals surface area contributed by atoms with Crippen LogP contribution in [0.4, 0.5) is 5.69 Å². The van der Waals surface area contributed by atoms with Crippen molar-refractivity contribution in [2.24, 2.45) is 0 Å². The lowest BCUT2D eigenvalue weighted by Gasteiger charge is -2.38. The minimum atomic E-state index is -0.0994. The lowest BCUT2D eigenvalue weighted by Crippen LogP contribution is -2.47. The largest absolute Gasteiger partial charge is 0.486 e. The van der Waals surface area contributed by atoms with E-state index in [2.05, 4.69) is 41.0 Å². The van der Waals surface area contributed by atoms with Crippen molar-refractivity contribution in [1.29, 1.82) is 0 Å². The van der Waals surface area contributed by atoms with Crippen molar-refractivity contribution in [3.63, 3.8) is 0 Å². The number of allylic oxidation sites excluding steroid dienone is 1. The van der Waals surface area contributed by atoms with E-state index in [9.17, 15) is 4.79 Å². The molecule has 0 aliphatic carbocycles. The van der Waals surface area contributed by atoms with E-state index in [0.29, 0.717) is 25.6 Å². The fraction of sp³-hybridized carbons (Fsp3) is 0.324. The van der Waals surface area contributed by atoms with E-state index in [4.69, 9.17) is 14.2 Å². The second-order valence-corrected chi connectivity index (χ2v) is 10.7. The molecule has 212 valence electrons. The second-order valence-electron chi connectivity index (χ2n) is 10.7. The Hall–Kier alpha value is -4.23. The Morgan fingerprint density at radius 1 is 0.829 bits per heavy atom. The number of hydrogen-bond donors (Lipinski definition) is 0. The summed E-state index contributed by atoms with van der Waals surface area (Å²) in [5.41, 5.74) is 3.98. The standard InChI is InChI=1S/C34H37N3O4/c1-26-9-8-14-30(36-19-17-35(18-20-36)24-28-15-16-31-32(23-28)40-22-21-39-31)33(41-25-27-10-4-2-5-11-27)34(38)37(26)29-12-6-3-7-13-29/h2-8,10-16,23,26H,9,17-22,24-25H2,1H3/b14-8+,33-30-. The van der Waals surface area contributed by atoms with Gasteiger partial charge < -0.3 is 24.0 Å². The van der Waals surface area contributed by atoms with Gasteiger partial charge in [0, 0.05) is 44.5 Å². The van der Waals surface area contributed by atoms with Gasteiger partial charge in [-0.05, 0) is 54.8 Å². The topological polar surface area (TPSA) is 54.5 Å². The Morgan fingerprint density at radius 2 is 1.54 bits per heavy atom. The van der Waals surface area contributed by atoms with Gasteiger partial charge in [-0.2, -0.15) is 0 Å². The number of carbonyl (C=O) groups excluding carboxylic acids is 1. The summed E-state index contributed by atoms with van der Waals surface area (Å²) in [5, 5.41) is 0. The number of carbonyl (C=O) groups is 1. The third-order valence-electron chi connectivity index (χ3n) is 7.83. The summed E-state index contributed by atoms with van der Waals surface area (Å²) in [4.78, 5) is 20.9. The monoisotopic (exact) mass is 551 g/mol. The Kier molecular flexibility index (Phi) is 8.23. The molecule has 1 unspecified atom stereocenters. The highest BCUT2D eigenvalue weighted by Gasteiger charge is 2.32. The minimum Gasteiger partial charge on any atom is -0.486 e. The van der Waals surface area contributed by atoms with Crippen LogP contribution in [0.15, 0.2) is 102 Å². The van der Waals surface area contributed by atoms with Crippen LogP contribution in [0.3, 0.4) is 0 Å². The van der Waals surface area contributed by atoms with Crippen LogP contribution in [0.2, 0.25) is 0 Å². The van der Waals surface area contributed by atoms with Crippen LogP contribution in [-0.4, -0.2) is 61.1 Å². The number of ether oxygens (including phenoxy) is 3. The predicted molar refractivity (Wildman–Crippen MR) is 160 cm³/mol. The second kappa shape index (κ2) is 12.5. The summed E-state index contributed by atoms with van der Waals surface area (Å²) in [6.07, 6.45) is 5.03. The van der Waals surface area contributed by atoms with Gasteiger partial charge in [-0.15, -0.1) is 0 Å². The zero-order chi connectivity index (χ0) is 28.0. The number of hydrogen-bond acceptors (Lipinski definition) is 6. The average Bonchev–Trinajstić information content (AvgIpc) is 3.01. The van der Waals surface area contributed by atoms with Gasteiger partial charge in [0.2, 0.25) is 5.76 Å². The SMILES string of the molecule is CC1C/C=C/C(N2CCN(Cc3ccc4c(c3)OCCO4)CC2)=C(/OCc2ccccc2)C(=O)N1c1ccccc1. The molecule has 3 aliphatic heterocycles. The van der Waals surface area contributed by atoms with E-state index in [0.717, 1.165) is 67.6 Å². The molecule has 7 heteroatoms. The Labute approximate surface area is 242 Å². The Balaban J connectivity index is 1.23. The molecule has 0 spiro atoms. The maximum atomic E-state index is 14.3. The van der Waals surface area contributed by atoms with E-state index >= 15 is 0 Å². The van der Waals surface area contributed by atoms with Crippen molar-refractivity contribution in [3.05, 3.63) is 114 Å². The first-order valence-corrected chi connectivity index (χ1v) is 14.5. The molecule has 41 heavy (non-hydrogen) atoms. The fourth-order valence-corrected chi connectivity index (χ4v) is 5.64.